The van der Waals surface area contributed by atoms with Crippen LogP contribution in [0.4, 0.5) is 0 Å². The summed E-state index contributed by atoms with van der Waals surface area (Å²) >= 11 is 1.38. The third-order valence-electron chi connectivity index (χ3n) is 4.13. The Bertz CT molecular complexity index is 900. The second-order valence-corrected chi connectivity index (χ2v) is 8.96. The van der Waals surface area contributed by atoms with E-state index in [1.807, 2.05) is 25.3 Å². The molecule has 0 saturated heterocycles. The van der Waals surface area contributed by atoms with E-state index in [0.717, 1.165) is 22.0 Å². The van der Waals surface area contributed by atoms with Crippen LogP contribution in [0, 0.1) is 19.3 Å². The summed E-state index contributed by atoms with van der Waals surface area (Å²) in [5.74, 6) is -0.353. The third kappa shape index (κ3) is 4.58. The number of esters is 1. The molecule has 2 aromatic heterocycles. The normalized spacial score (nSPS) is 12.5. The third-order valence-corrected chi connectivity index (χ3v) is 5.26. The monoisotopic (exact) mass is 391 g/mol. The van der Waals surface area contributed by atoms with Gasteiger partial charge in [-0.2, -0.15) is 0 Å². The van der Waals surface area contributed by atoms with Gasteiger partial charge in [0.15, 0.2) is 4.96 Å². The van der Waals surface area contributed by atoms with E-state index in [4.69, 9.17) is 4.74 Å². The Morgan fingerprint density at radius 2 is 1.93 bits per heavy atom. The fraction of sp³-hybridized carbons (Fsp3) is 0.550. The van der Waals surface area contributed by atoms with Gasteiger partial charge in [-0.15, -0.1) is 0 Å². The molecule has 0 radical (unpaired) electrons. The Morgan fingerprint density at radius 1 is 1.30 bits per heavy atom. The van der Waals surface area contributed by atoms with Crippen molar-refractivity contribution in [2.24, 2.45) is 5.41 Å². The Kier molecular flexibility index (Phi) is 6.14. The number of rotatable bonds is 5. The van der Waals surface area contributed by atoms with Crippen LogP contribution in [0.1, 0.15) is 61.4 Å². The van der Waals surface area contributed by atoms with E-state index in [-0.39, 0.29) is 17.3 Å². The summed E-state index contributed by atoms with van der Waals surface area (Å²) < 4.78 is 7.01. The molecule has 1 amide bonds. The Labute approximate surface area is 164 Å². The Balaban J connectivity index is 2.46. The van der Waals surface area contributed by atoms with E-state index >= 15 is 0 Å². The average Bonchev–Trinajstić information content (AvgIpc) is 3.02. The fourth-order valence-electron chi connectivity index (χ4n) is 3.01. The molecule has 27 heavy (non-hydrogen) atoms. The quantitative estimate of drug-likeness (QED) is 0.569. The van der Waals surface area contributed by atoms with Crippen LogP contribution in [0.2, 0.25) is 0 Å². The molecule has 0 unspecified atom stereocenters. The van der Waals surface area contributed by atoms with Gasteiger partial charge in [0.2, 0.25) is 0 Å². The first-order valence-electron chi connectivity index (χ1n) is 9.05. The molecular formula is C20H29N3O3S. The van der Waals surface area contributed by atoms with Crippen LogP contribution in [0.25, 0.3) is 11.0 Å². The molecule has 0 fully saturated rings. The van der Waals surface area contributed by atoms with Crippen molar-refractivity contribution in [1.82, 2.24) is 14.3 Å². The molecule has 0 aliphatic carbocycles. The zero-order valence-electron chi connectivity index (χ0n) is 17.5. The number of carbonyl (C=O) groups excluding carboxylic acids is 2. The molecule has 2 aromatic rings. The number of nitrogens with zero attached hydrogens (tertiary/aromatic N) is 3. The van der Waals surface area contributed by atoms with Crippen LogP contribution in [-0.2, 0) is 9.53 Å². The average molecular weight is 392 g/mol. The highest BCUT2D eigenvalue weighted by Crippen LogP contribution is 2.29. The highest BCUT2D eigenvalue weighted by atomic mass is 32.1. The maximum Gasteiger partial charge on any atom is 0.333 e. The van der Waals surface area contributed by atoms with E-state index in [0.29, 0.717) is 23.6 Å². The molecule has 0 N–H and O–H groups in total. The minimum absolute atomic E-state index is 0.00683. The molecule has 2 rings (SSSR count). The van der Waals surface area contributed by atoms with Crippen LogP contribution in [0.3, 0.4) is 0 Å². The predicted molar refractivity (Wildman–Crippen MR) is 109 cm³/mol. The molecule has 0 aromatic carbocycles. The zero-order chi connectivity index (χ0) is 20.5. The van der Waals surface area contributed by atoms with Gasteiger partial charge in [-0.25, -0.2) is 9.78 Å². The summed E-state index contributed by atoms with van der Waals surface area (Å²) in [6.07, 6.45) is 1.78. The Hall–Kier alpha value is -2.15. The number of imidazole rings is 1. The summed E-state index contributed by atoms with van der Waals surface area (Å²) in [5, 5.41) is 0. The number of thiazole rings is 1. The first-order valence-corrected chi connectivity index (χ1v) is 9.87. The van der Waals surface area contributed by atoms with Crippen molar-refractivity contribution in [3.05, 3.63) is 27.5 Å². The lowest BCUT2D eigenvalue weighted by molar-refractivity contribution is -0.138. The standard InChI is InChI=1S/C20H29N3O3S/c1-9-26-18(25)12(2)10-15-13(3)21-19-23(15)14(4)16(27-19)17(24)22(8)11-20(5,6)7/h10H,9,11H2,1-8H3/b12-10+. The lowest BCUT2D eigenvalue weighted by atomic mass is 9.96. The van der Waals surface area contributed by atoms with Gasteiger partial charge in [0.1, 0.15) is 4.88 Å². The number of hydrogen-bond acceptors (Lipinski definition) is 5. The van der Waals surface area contributed by atoms with Crippen molar-refractivity contribution < 1.29 is 14.3 Å². The van der Waals surface area contributed by atoms with Gasteiger partial charge in [0, 0.05) is 24.9 Å². The fourth-order valence-corrected chi connectivity index (χ4v) is 4.18. The molecule has 2 heterocycles. The SMILES string of the molecule is CCOC(=O)/C(C)=C/c1c(C)nc2sc(C(=O)N(C)CC(C)(C)C)c(C)n12. The number of carbonyl (C=O) groups is 2. The molecule has 0 saturated carbocycles. The van der Waals surface area contributed by atoms with Crippen molar-refractivity contribution >= 4 is 34.3 Å². The van der Waals surface area contributed by atoms with Crippen molar-refractivity contribution in [3.63, 3.8) is 0 Å². The number of aromatic nitrogens is 2. The highest BCUT2D eigenvalue weighted by molar-refractivity contribution is 7.19. The van der Waals surface area contributed by atoms with Gasteiger partial charge in [0.05, 0.1) is 18.0 Å². The van der Waals surface area contributed by atoms with E-state index in [1.165, 1.54) is 11.3 Å². The first-order chi connectivity index (χ1) is 12.5. The molecule has 0 bridgehead atoms. The van der Waals surface area contributed by atoms with Crippen molar-refractivity contribution in [1.29, 1.82) is 0 Å². The first kappa shape index (κ1) is 21.2. The molecule has 0 atom stereocenters. The maximum atomic E-state index is 12.9. The second kappa shape index (κ2) is 7.84. The van der Waals surface area contributed by atoms with Crippen LogP contribution in [-0.4, -0.2) is 46.4 Å². The van der Waals surface area contributed by atoms with E-state index in [2.05, 4.69) is 25.8 Å². The van der Waals surface area contributed by atoms with Crippen molar-refractivity contribution in [2.75, 3.05) is 20.2 Å². The van der Waals surface area contributed by atoms with Crippen LogP contribution in [0.5, 0.6) is 0 Å². The van der Waals surface area contributed by atoms with Crippen LogP contribution < -0.4 is 0 Å². The number of ether oxygens (including phenoxy) is 1. The van der Waals surface area contributed by atoms with Gasteiger partial charge < -0.3 is 9.64 Å². The second-order valence-electron chi connectivity index (χ2n) is 7.99. The Morgan fingerprint density at radius 3 is 2.48 bits per heavy atom. The minimum Gasteiger partial charge on any atom is -0.463 e. The molecule has 7 heteroatoms. The number of hydrogen-bond donors (Lipinski definition) is 0. The molecule has 6 nitrogen and oxygen atoms in total. The van der Waals surface area contributed by atoms with E-state index in [9.17, 15) is 9.59 Å². The molecule has 0 spiro atoms. The molecular weight excluding hydrogens is 362 g/mol. The van der Waals surface area contributed by atoms with Crippen LogP contribution in [0.15, 0.2) is 5.57 Å². The smallest absolute Gasteiger partial charge is 0.333 e. The van der Waals surface area contributed by atoms with E-state index in [1.54, 1.807) is 24.8 Å². The predicted octanol–water partition coefficient (Wildman–Crippen LogP) is 4.10. The van der Waals surface area contributed by atoms with Gasteiger partial charge in [0.25, 0.3) is 5.91 Å². The van der Waals surface area contributed by atoms with Crippen molar-refractivity contribution in [2.45, 2.75) is 48.5 Å². The largest absolute Gasteiger partial charge is 0.463 e. The molecule has 0 aliphatic heterocycles. The maximum absolute atomic E-state index is 12.9. The minimum atomic E-state index is -0.346. The molecule has 148 valence electrons. The zero-order valence-corrected chi connectivity index (χ0v) is 18.3. The van der Waals surface area contributed by atoms with Crippen molar-refractivity contribution in [3.8, 4) is 0 Å². The van der Waals surface area contributed by atoms with Gasteiger partial charge in [-0.1, -0.05) is 32.1 Å². The lowest BCUT2D eigenvalue weighted by Gasteiger charge is -2.26. The van der Waals surface area contributed by atoms with Gasteiger partial charge in [-0.05, 0) is 39.2 Å². The summed E-state index contributed by atoms with van der Waals surface area (Å²) in [7, 11) is 1.83. The topological polar surface area (TPSA) is 63.9 Å². The number of amides is 1. The highest BCUT2D eigenvalue weighted by Gasteiger charge is 2.25. The summed E-state index contributed by atoms with van der Waals surface area (Å²) in [4.78, 5) is 32.6. The van der Waals surface area contributed by atoms with Crippen LogP contribution >= 0.6 is 11.3 Å². The number of fused-ring (bicyclic) bond motifs is 1. The lowest BCUT2D eigenvalue weighted by Crippen LogP contribution is -2.34. The summed E-state index contributed by atoms with van der Waals surface area (Å²) in [6, 6.07) is 0. The summed E-state index contributed by atoms with van der Waals surface area (Å²) in [6.45, 7) is 14.6. The van der Waals surface area contributed by atoms with Gasteiger partial charge in [-0.3, -0.25) is 9.20 Å². The summed E-state index contributed by atoms with van der Waals surface area (Å²) in [5.41, 5.74) is 2.99. The van der Waals surface area contributed by atoms with E-state index < -0.39 is 0 Å². The number of aryl methyl sites for hydroxylation is 2. The molecule has 0 aliphatic rings. The van der Waals surface area contributed by atoms with Gasteiger partial charge >= 0.3 is 5.97 Å².